The maximum Gasteiger partial charge on any atom is 0.241 e. The Kier molecular flexibility index (Phi) is 6.29. The van der Waals surface area contributed by atoms with Gasteiger partial charge in [0, 0.05) is 18.0 Å². The molecule has 2 heterocycles. The first-order valence-corrected chi connectivity index (χ1v) is 15.1. The summed E-state index contributed by atoms with van der Waals surface area (Å²) in [6, 6.07) is 14.7. The number of aromatic hydroxyl groups is 1. The number of allylic oxidation sites excluding steroid dienone is 2. The van der Waals surface area contributed by atoms with E-state index in [4.69, 9.17) is 11.6 Å². The highest BCUT2D eigenvalue weighted by atomic mass is 35.5. The number of halogens is 2. The largest absolute Gasteiger partial charge is 0.508 e. The van der Waals surface area contributed by atoms with Crippen LogP contribution >= 0.6 is 11.6 Å². The summed E-state index contributed by atoms with van der Waals surface area (Å²) in [7, 11) is 0. The summed E-state index contributed by atoms with van der Waals surface area (Å²) in [6.07, 6.45) is 3.14. The molecule has 4 amide bonds. The van der Waals surface area contributed by atoms with E-state index in [1.54, 1.807) is 19.1 Å². The summed E-state index contributed by atoms with van der Waals surface area (Å²) in [5.74, 6) is -5.36. The molecule has 43 heavy (non-hydrogen) atoms. The molecular formula is C34H30ClFN2O5. The van der Waals surface area contributed by atoms with Gasteiger partial charge in [0.05, 0.1) is 33.9 Å². The number of imide groups is 2. The highest BCUT2D eigenvalue weighted by Gasteiger charge is 2.68. The number of rotatable bonds is 4. The number of phenols is 1. The molecule has 0 spiro atoms. The van der Waals surface area contributed by atoms with Crippen LogP contribution in [0.4, 0.5) is 10.1 Å². The number of amides is 4. The minimum Gasteiger partial charge on any atom is -0.508 e. The van der Waals surface area contributed by atoms with Crippen LogP contribution in [0.2, 0.25) is 5.02 Å². The number of carbonyl (C=O) groups excluding carboxylic acids is 4. The van der Waals surface area contributed by atoms with Crippen molar-refractivity contribution in [1.82, 2.24) is 4.90 Å². The van der Waals surface area contributed by atoms with Crippen molar-refractivity contribution in [3.8, 4) is 5.75 Å². The number of nitrogens with zero attached hydrogens (tertiary/aromatic N) is 2. The first-order chi connectivity index (χ1) is 20.6. The molecule has 3 fully saturated rings. The van der Waals surface area contributed by atoms with Crippen LogP contribution in [-0.4, -0.2) is 40.2 Å². The van der Waals surface area contributed by atoms with E-state index >= 15 is 0 Å². The van der Waals surface area contributed by atoms with E-state index in [-0.39, 0.29) is 34.7 Å². The van der Waals surface area contributed by atoms with Gasteiger partial charge in [0.1, 0.15) is 11.6 Å². The summed E-state index contributed by atoms with van der Waals surface area (Å²) in [5.41, 5.74) is 0.131. The van der Waals surface area contributed by atoms with Crippen LogP contribution in [0.15, 0.2) is 66.2 Å². The number of fused-ring (bicyclic) bond motifs is 5. The fourth-order valence-corrected chi connectivity index (χ4v) is 8.46. The Morgan fingerprint density at radius 2 is 1.77 bits per heavy atom. The number of phenolic OH excluding ortho intramolecular Hbond substituents is 1. The summed E-state index contributed by atoms with van der Waals surface area (Å²) in [6.45, 7) is 4.00. The lowest BCUT2D eigenvalue weighted by molar-refractivity contribution is -0.140. The number of carbonyl (C=O) groups is 4. The molecule has 1 N–H and O–H groups in total. The number of benzene rings is 3. The Hall–Kier alpha value is -4.04. The molecule has 0 bridgehead atoms. The van der Waals surface area contributed by atoms with Gasteiger partial charge in [0.2, 0.25) is 23.6 Å². The average Bonchev–Trinajstić information content (AvgIpc) is 3.35. The summed E-state index contributed by atoms with van der Waals surface area (Å²) < 4.78 is 14.1. The molecule has 6 atom stereocenters. The van der Waals surface area contributed by atoms with Crippen LogP contribution in [0.1, 0.15) is 44.6 Å². The lowest BCUT2D eigenvalue weighted by Crippen LogP contribution is -2.49. The van der Waals surface area contributed by atoms with Crippen molar-refractivity contribution in [2.45, 2.75) is 39.0 Å². The van der Waals surface area contributed by atoms with Crippen molar-refractivity contribution in [3.05, 3.63) is 82.6 Å². The van der Waals surface area contributed by atoms with E-state index < -0.39 is 52.6 Å². The predicted molar refractivity (Wildman–Crippen MR) is 159 cm³/mol. The minimum absolute atomic E-state index is 0.0164. The van der Waals surface area contributed by atoms with Crippen molar-refractivity contribution in [2.24, 2.45) is 29.1 Å². The fraction of sp³-hybridized carbons (Fsp3) is 0.353. The van der Waals surface area contributed by atoms with Gasteiger partial charge in [-0.15, -0.1) is 0 Å². The van der Waals surface area contributed by atoms with Gasteiger partial charge >= 0.3 is 0 Å². The van der Waals surface area contributed by atoms with E-state index in [0.29, 0.717) is 24.9 Å². The molecule has 9 heteroatoms. The molecule has 7 rings (SSSR count). The molecule has 0 radical (unpaired) electrons. The lowest BCUT2D eigenvalue weighted by atomic mass is 9.51. The fourth-order valence-electron chi connectivity index (χ4n) is 8.29. The second kappa shape index (κ2) is 9.74. The van der Waals surface area contributed by atoms with Crippen molar-refractivity contribution in [3.63, 3.8) is 0 Å². The zero-order chi connectivity index (χ0) is 30.4. The van der Waals surface area contributed by atoms with Crippen LogP contribution in [0, 0.1) is 34.9 Å². The molecule has 2 saturated heterocycles. The van der Waals surface area contributed by atoms with E-state index in [1.165, 1.54) is 17.0 Å². The molecule has 3 aromatic carbocycles. The van der Waals surface area contributed by atoms with Gasteiger partial charge in [-0.3, -0.25) is 24.1 Å². The normalized spacial score (nSPS) is 30.0. The molecule has 2 aliphatic heterocycles. The smallest absolute Gasteiger partial charge is 0.241 e. The van der Waals surface area contributed by atoms with Gasteiger partial charge in [-0.25, -0.2) is 9.29 Å². The van der Waals surface area contributed by atoms with Gasteiger partial charge in [0.15, 0.2) is 0 Å². The first-order valence-electron chi connectivity index (χ1n) is 14.7. The maximum atomic E-state index is 14.6. The Morgan fingerprint density at radius 1 is 1.00 bits per heavy atom. The first kappa shape index (κ1) is 27.8. The standard InChI is InChI=1S/C34H30ClFN2O5/c1-3-14-37-30(40)21-11-10-20-22(27(21)32(37)42)16-23-31(41)38(18-9-12-25(36)24(35)15-18)33(43)34(23,2)29(20)28-19-7-5-4-6-17(19)8-13-26(28)39/h4-10,12-13,15,21-23,27,29,39H,3,11,14,16H2,1-2H3. The Morgan fingerprint density at radius 3 is 2.51 bits per heavy atom. The number of hydrogen-bond donors (Lipinski definition) is 1. The molecule has 4 aliphatic rings. The second-order valence-electron chi connectivity index (χ2n) is 12.3. The van der Waals surface area contributed by atoms with E-state index in [9.17, 15) is 28.7 Å². The van der Waals surface area contributed by atoms with Crippen LogP contribution in [0.25, 0.3) is 10.8 Å². The van der Waals surface area contributed by atoms with Crippen molar-refractivity contribution >= 4 is 51.7 Å². The molecule has 6 unspecified atom stereocenters. The summed E-state index contributed by atoms with van der Waals surface area (Å²) >= 11 is 6.07. The number of likely N-dealkylation sites (tertiary alicyclic amines) is 1. The third-order valence-corrected chi connectivity index (χ3v) is 10.5. The van der Waals surface area contributed by atoms with Crippen LogP contribution in [0.3, 0.4) is 0 Å². The molecular weight excluding hydrogens is 571 g/mol. The zero-order valence-electron chi connectivity index (χ0n) is 23.7. The van der Waals surface area contributed by atoms with Crippen molar-refractivity contribution < 1.29 is 28.7 Å². The van der Waals surface area contributed by atoms with E-state index in [0.717, 1.165) is 27.3 Å². The van der Waals surface area contributed by atoms with Gasteiger partial charge in [-0.2, -0.15) is 0 Å². The molecule has 2 aliphatic carbocycles. The van der Waals surface area contributed by atoms with Crippen molar-refractivity contribution in [1.29, 1.82) is 0 Å². The molecule has 3 aromatic rings. The minimum atomic E-state index is -1.34. The topological polar surface area (TPSA) is 95.0 Å². The van der Waals surface area contributed by atoms with Gasteiger partial charge in [-0.1, -0.05) is 60.5 Å². The maximum absolute atomic E-state index is 14.6. The third-order valence-electron chi connectivity index (χ3n) is 10.2. The third kappa shape index (κ3) is 3.71. The predicted octanol–water partition coefficient (Wildman–Crippen LogP) is 5.98. The van der Waals surface area contributed by atoms with E-state index in [2.05, 4.69) is 0 Å². The van der Waals surface area contributed by atoms with Gasteiger partial charge in [0.25, 0.3) is 0 Å². The number of anilines is 1. The van der Waals surface area contributed by atoms with Crippen LogP contribution in [-0.2, 0) is 19.2 Å². The van der Waals surface area contributed by atoms with Crippen LogP contribution < -0.4 is 4.90 Å². The Balaban J connectivity index is 1.45. The van der Waals surface area contributed by atoms with Crippen LogP contribution in [0.5, 0.6) is 5.75 Å². The van der Waals surface area contributed by atoms with Crippen molar-refractivity contribution in [2.75, 3.05) is 11.4 Å². The number of hydrogen-bond acceptors (Lipinski definition) is 5. The van der Waals surface area contributed by atoms with Gasteiger partial charge < -0.3 is 5.11 Å². The zero-order valence-corrected chi connectivity index (χ0v) is 24.5. The highest BCUT2D eigenvalue weighted by molar-refractivity contribution is 6.31. The Bertz CT molecular complexity index is 1790. The highest BCUT2D eigenvalue weighted by Crippen LogP contribution is 2.65. The molecule has 1 saturated carbocycles. The summed E-state index contributed by atoms with van der Waals surface area (Å²) in [5, 5.41) is 12.8. The molecule has 220 valence electrons. The lowest BCUT2D eigenvalue weighted by Gasteiger charge is -2.49. The second-order valence-corrected chi connectivity index (χ2v) is 12.7. The average molecular weight is 601 g/mol. The monoisotopic (exact) mass is 600 g/mol. The molecule has 0 aromatic heterocycles. The Labute approximate surface area is 252 Å². The quantitative estimate of drug-likeness (QED) is 0.294. The molecule has 7 nitrogen and oxygen atoms in total. The SMILES string of the molecule is CCCN1C(=O)C2CC=C3C(CC4C(=O)N(c5ccc(F)c(Cl)c5)C(=O)C4(C)C3c3c(O)ccc4ccccc34)C2C1=O. The van der Waals surface area contributed by atoms with Gasteiger partial charge in [-0.05, 0) is 67.1 Å². The van der Waals surface area contributed by atoms with E-state index in [1.807, 2.05) is 37.3 Å². The summed E-state index contributed by atoms with van der Waals surface area (Å²) in [4.78, 5) is 58.5.